The van der Waals surface area contributed by atoms with Gasteiger partial charge in [-0.1, -0.05) is 48.7 Å². The molecule has 1 N–H and O–H groups in total. The molecule has 0 radical (unpaired) electrons. The van der Waals surface area contributed by atoms with Crippen molar-refractivity contribution in [1.82, 2.24) is 9.55 Å². The molecule has 1 saturated carbocycles. The normalized spacial score (nSPS) is 16.1. The van der Waals surface area contributed by atoms with Crippen LogP contribution in [0, 0.1) is 5.92 Å². The van der Waals surface area contributed by atoms with Crippen LogP contribution in [0.3, 0.4) is 0 Å². The van der Waals surface area contributed by atoms with Gasteiger partial charge in [-0.3, -0.25) is 0 Å². The molecule has 0 saturated heterocycles. The van der Waals surface area contributed by atoms with E-state index in [1.807, 2.05) is 60.1 Å². The molecule has 1 aromatic heterocycles. The average molecular weight is 436 g/mol. The molecule has 0 aliphatic heterocycles. The summed E-state index contributed by atoms with van der Waals surface area (Å²) in [6.45, 7) is 1.81. The Morgan fingerprint density at radius 3 is 2.56 bits per heavy atom. The van der Waals surface area contributed by atoms with Gasteiger partial charge in [0.05, 0.1) is 11.0 Å². The number of fused-ring (bicyclic) bond motifs is 1. The van der Waals surface area contributed by atoms with Gasteiger partial charge in [-0.25, -0.2) is 9.78 Å². The van der Waals surface area contributed by atoms with Crippen LogP contribution in [0.15, 0.2) is 53.7 Å². The van der Waals surface area contributed by atoms with Crippen molar-refractivity contribution < 1.29 is 19.5 Å². The van der Waals surface area contributed by atoms with Gasteiger partial charge in [0.2, 0.25) is 0 Å². The van der Waals surface area contributed by atoms with Crippen molar-refractivity contribution in [2.45, 2.75) is 51.7 Å². The molecule has 0 spiro atoms. The van der Waals surface area contributed by atoms with Crippen LogP contribution in [-0.4, -0.2) is 26.3 Å². The molecule has 0 amide bonds. The van der Waals surface area contributed by atoms with Crippen molar-refractivity contribution >= 4 is 22.7 Å². The third-order valence-electron chi connectivity index (χ3n) is 6.15. The summed E-state index contributed by atoms with van der Waals surface area (Å²) in [5.41, 5.74) is 2.96. The Morgan fingerprint density at radius 1 is 1.16 bits per heavy atom. The first kappa shape index (κ1) is 21.9. The monoisotopic (exact) mass is 435 g/mol. The minimum atomic E-state index is -1.07. The molecular formula is C25H29N3O4. The van der Waals surface area contributed by atoms with E-state index in [0.29, 0.717) is 12.5 Å². The van der Waals surface area contributed by atoms with E-state index in [1.54, 1.807) is 0 Å². The smallest absolute Gasteiger partial charge is 0.353 e. The maximum absolute atomic E-state index is 11.1. The number of benzene rings is 2. The van der Waals surface area contributed by atoms with E-state index in [9.17, 15) is 4.79 Å². The molecule has 2 aromatic carbocycles. The van der Waals surface area contributed by atoms with E-state index in [-0.39, 0.29) is 11.8 Å². The van der Waals surface area contributed by atoms with E-state index in [2.05, 4.69) is 10.1 Å². The number of hydrogen-bond donors (Lipinski definition) is 1. The van der Waals surface area contributed by atoms with Crippen LogP contribution < -0.4 is 4.74 Å². The number of carboxylic acids is 1. The lowest BCUT2D eigenvalue weighted by atomic mass is 9.83. The van der Waals surface area contributed by atoms with Crippen LogP contribution in [0.5, 0.6) is 5.75 Å². The topological polar surface area (TPSA) is 85.9 Å². The summed E-state index contributed by atoms with van der Waals surface area (Å²) in [6, 6.07) is 15.8. The molecule has 7 heteroatoms. The van der Waals surface area contributed by atoms with Crippen LogP contribution in [0.1, 0.15) is 56.5 Å². The number of aryl methyl sites for hydroxylation is 1. The van der Waals surface area contributed by atoms with E-state index in [1.165, 1.54) is 13.3 Å². The maximum Gasteiger partial charge on any atom is 0.353 e. The summed E-state index contributed by atoms with van der Waals surface area (Å²) in [6.07, 6.45) is 5.39. The van der Waals surface area contributed by atoms with Crippen molar-refractivity contribution in [1.29, 1.82) is 0 Å². The highest BCUT2D eigenvalue weighted by Gasteiger charge is 2.27. The van der Waals surface area contributed by atoms with Crippen LogP contribution in [-0.2, 0) is 23.3 Å². The van der Waals surface area contributed by atoms with Gasteiger partial charge < -0.3 is 19.2 Å². The fourth-order valence-electron chi connectivity index (χ4n) is 4.26. The predicted octanol–water partition coefficient (Wildman–Crippen LogP) is 5.25. The van der Waals surface area contributed by atoms with Crippen molar-refractivity contribution in [2.24, 2.45) is 18.1 Å². The van der Waals surface area contributed by atoms with Gasteiger partial charge in [0.25, 0.3) is 0 Å². The lowest BCUT2D eigenvalue weighted by molar-refractivity contribution is -0.129. The van der Waals surface area contributed by atoms with Crippen molar-refractivity contribution in [3.05, 3.63) is 59.9 Å². The van der Waals surface area contributed by atoms with Crippen LogP contribution in [0.4, 0.5) is 0 Å². The zero-order chi connectivity index (χ0) is 22.5. The number of para-hydroxylation sites is 2. The number of imidazole rings is 1. The van der Waals surface area contributed by atoms with Crippen LogP contribution >= 0.6 is 0 Å². The first-order valence-corrected chi connectivity index (χ1v) is 11.1. The number of ether oxygens (including phenoxy) is 1. The minimum Gasteiger partial charge on any atom is -0.486 e. The van der Waals surface area contributed by atoms with Crippen molar-refractivity contribution in [2.75, 3.05) is 0 Å². The molecule has 32 heavy (non-hydrogen) atoms. The van der Waals surface area contributed by atoms with E-state index >= 15 is 0 Å². The minimum absolute atomic E-state index is 0.0479. The number of aromatic nitrogens is 2. The van der Waals surface area contributed by atoms with Gasteiger partial charge in [-0.15, -0.1) is 0 Å². The Labute approximate surface area is 187 Å². The van der Waals surface area contributed by atoms with Gasteiger partial charge in [0, 0.05) is 13.0 Å². The standard InChI is InChI=1S/C25H29N3O4/c1-17(25(29)30)27-32-24(18-8-4-3-5-9-18)19-12-14-20(15-13-19)31-16-23-26-21-10-6-7-11-22(21)28(23)2/h6-7,10-15,18,24H,3-5,8-9,16H2,1-2H3,(H,29,30)/b27-17+. The SMILES string of the molecule is C/C(=N\OC(c1ccc(OCc2nc3ccccc3n2C)cc1)C1CCCCC1)C(=O)O. The molecule has 1 aliphatic carbocycles. The Morgan fingerprint density at radius 2 is 1.88 bits per heavy atom. The number of carboxylic acid groups (broad SMARTS) is 1. The van der Waals surface area contributed by atoms with Gasteiger partial charge in [-0.2, -0.15) is 0 Å². The highest BCUT2D eigenvalue weighted by Crippen LogP contribution is 2.37. The molecule has 1 fully saturated rings. The summed E-state index contributed by atoms with van der Waals surface area (Å²) >= 11 is 0. The summed E-state index contributed by atoms with van der Waals surface area (Å²) < 4.78 is 8.02. The van der Waals surface area contributed by atoms with Crippen LogP contribution in [0.2, 0.25) is 0 Å². The summed E-state index contributed by atoms with van der Waals surface area (Å²) in [4.78, 5) is 21.5. The Balaban J connectivity index is 1.47. The molecule has 3 aromatic rings. The van der Waals surface area contributed by atoms with Crippen molar-refractivity contribution in [3.63, 3.8) is 0 Å². The third kappa shape index (κ3) is 4.93. The first-order valence-electron chi connectivity index (χ1n) is 11.1. The first-order chi connectivity index (χ1) is 15.5. The fourth-order valence-corrected chi connectivity index (χ4v) is 4.26. The predicted molar refractivity (Wildman–Crippen MR) is 123 cm³/mol. The second kappa shape index (κ2) is 9.85. The largest absolute Gasteiger partial charge is 0.486 e. The Kier molecular flexibility index (Phi) is 6.73. The van der Waals surface area contributed by atoms with Gasteiger partial charge >= 0.3 is 5.97 Å². The summed E-state index contributed by atoms with van der Waals surface area (Å²) in [5, 5.41) is 13.0. The van der Waals surface area contributed by atoms with E-state index < -0.39 is 5.97 Å². The van der Waals surface area contributed by atoms with Crippen LogP contribution in [0.25, 0.3) is 11.0 Å². The number of oxime groups is 1. The Hall–Kier alpha value is -3.35. The number of hydrogen-bond acceptors (Lipinski definition) is 5. The van der Waals surface area contributed by atoms with Gasteiger partial charge in [0.15, 0.2) is 11.8 Å². The fraction of sp³-hybridized carbons (Fsp3) is 0.400. The quantitative estimate of drug-likeness (QED) is 0.386. The number of carbonyl (C=O) groups is 1. The molecule has 0 bridgehead atoms. The zero-order valence-corrected chi connectivity index (χ0v) is 18.5. The summed E-state index contributed by atoms with van der Waals surface area (Å²) in [5.74, 6) is 0.851. The third-order valence-corrected chi connectivity index (χ3v) is 6.15. The highest BCUT2D eigenvalue weighted by atomic mass is 16.6. The molecule has 1 heterocycles. The lowest BCUT2D eigenvalue weighted by Crippen LogP contribution is -2.19. The molecular weight excluding hydrogens is 406 g/mol. The molecule has 1 unspecified atom stereocenters. The highest BCUT2D eigenvalue weighted by molar-refractivity contribution is 6.34. The molecule has 1 aliphatic rings. The number of rotatable bonds is 8. The van der Waals surface area contributed by atoms with Crippen molar-refractivity contribution in [3.8, 4) is 5.75 Å². The summed E-state index contributed by atoms with van der Waals surface area (Å²) in [7, 11) is 1.99. The van der Waals surface area contributed by atoms with E-state index in [0.717, 1.165) is 53.9 Å². The van der Waals surface area contributed by atoms with E-state index in [4.69, 9.17) is 14.7 Å². The molecule has 7 nitrogen and oxygen atoms in total. The zero-order valence-electron chi connectivity index (χ0n) is 18.5. The molecule has 168 valence electrons. The van der Waals surface area contributed by atoms with Gasteiger partial charge in [-0.05, 0) is 49.6 Å². The van der Waals surface area contributed by atoms with Gasteiger partial charge in [0.1, 0.15) is 18.2 Å². The second-order valence-electron chi connectivity index (χ2n) is 8.34. The number of nitrogens with zero attached hydrogens (tertiary/aromatic N) is 3. The molecule has 1 atom stereocenters. The maximum atomic E-state index is 11.1. The second-order valence-corrected chi connectivity index (χ2v) is 8.34. The lowest BCUT2D eigenvalue weighted by Gasteiger charge is -2.29. The number of aliphatic carboxylic acids is 1. The Bertz CT molecular complexity index is 1100. The average Bonchev–Trinajstić information content (AvgIpc) is 3.14. The molecule has 4 rings (SSSR count).